The first-order chi connectivity index (χ1) is 10.2. The molecule has 0 radical (unpaired) electrons. The molecule has 2 bridgehead atoms. The lowest BCUT2D eigenvalue weighted by Gasteiger charge is -2.30. The van der Waals surface area contributed by atoms with E-state index in [9.17, 15) is 4.79 Å². The molecule has 1 N–H and O–H groups in total. The van der Waals surface area contributed by atoms with Gasteiger partial charge in [-0.1, -0.05) is 22.0 Å². The second kappa shape index (κ2) is 6.50. The van der Waals surface area contributed by atoms with Crippen molar-refractivity contribution < 1.29 is 4.79 Å². The molecule has 3 nitrogen and oxygen atoms in total. The van der Waals surface area contributed by atoms with Crippen molar-refractivity contribution in [2.45, 2.75) is 50.6 Å². The Hall–Kier alpha value is -0.580. The van der Waals surface area contributed by atoms with Crippen LogP contribution < -0.4 is 10.2 Å². The molecular weight excluding hydrogens is 364 g/mol. The van der Waals surface area contributed by atoms with Crippen LogP contribution in [-0.2, 0) is 11.2 Å². The van der Waals surface area contributed by atoms with E-state index >= 15 is 0 Å². The molecule has 0 aromatic heterocycles. The number of piperidine rings is 1. The number of fused-ring (bicyclic) bond motifs is 3. The maximum Gasteiger partial charge on any atom is 0.227 e. The van der Waals surface area contributed by atoms with Crippen LogP contribution in [0.25, 0.3) is 0 Å². The number of amides is 1. The van der Waals surface area contributed by atoms with Gasteiger partial charge in [0.1, 0.15) is 0 Å². The van der Waals surface area contributed by atoms with E-state index < -0.39 is 0 Å². The fourth-order valence-electron chi connectivity index (χ4n) is 4.31. The average Bonchev–Trinajstić information content (AvgIpc) is 3.02. The van der Waals surface area contributed by atoms with E-state index in [1.807, 2.05) is 4.90 Å². The maximum absolute atomic E-state index is 12.7. The van der Waals surface area contributed by atoms with Crippen molar-refractivity contribution in [3.8, 4) is 0 Å². The molecule has 5 heteroatoms. The highest BCUT2D eigenvalue weighted by Gasteiger charge is 2.35. The number of rotatable bonds is 2. The molecule has 0 spiro atoms. The molecule has 2 saturated heterocycles. The van der Waals surface area contributed by atoms with Crippen LogP contribution in [0.4, 0.5) is 5.69 Å². The van der Waals surface area contributed by atoms with E-state index in [1.54, 1.807) is 0 Å². The second-order valence-corrected chi connectivity index (χ2v) is 7.66. The van der Waals surface area contributed by atoms with E-state index in [1.165, 1.54) is 31.2 Å². The summed E-state index contributed by atoms with van der Waals surface area (Å²) in [5, 5.41) is 3.66. The summed E-state index contributed by atoms with van der Waals surface area (Å²) in [4.78, 5) is 14.7. The number of nitrogens with one attached hydrogen (secondary N) is 1. The molecule has 1 aromatic rings. The van der Waals surface area contributed by atoms with Gasteiger partial charge in [0.25, 0.3) is 0 Å². The number of hydrogen-bond acceptors (Lipinski definition) is 2. The van der Waals surface area contributed by atoms with Gasteiger partial charge in [0, 0.05) is 35.2 Å². The molecule has 3 aliphatic heterocycles. The Morgan fingerprint density at radius 3 is 2.73 bits per heavy atom. The number of carbonyl (C=O) groups excluding carboxylic acids is 1. The topological polar surface area (TPSA) is 32.3 Å². The largest absolute Gasteiger partial charge is 0.312 e. The van der Waals surface area contributed by atoms with Crippen molar-refractivity contribution >= 4 is 39.9 Å². The smallest absolute Gasteiger partial charge is 0.227 e. The summed E-state index contributed by atoms with van der Waals surface area (Å²) >= 11 is 3.52. The summed E-state index contributed by atoms with van der Waals surface area (Å²) in [6.07, 6.45) is 6.68. The van der Waals surface area contributed by atoms with Crippen LogP contribution in [-0.4, -0.2) is 24.5 Å². The molecule has 2 fully saturated rings. The molecule has 0 saturated carbocycles. The molecule has 1 aromatic carbocycles. The van der Waals surface area contributed by atoms with Crippen molar-refractivity contribution in [3.05, 3.63) is 28.2 Å². The second-order valence-electron chi connectivity index (χ2n) is 6.75. The number of hydrogen-bond donors (Lipinski definition) is 1. The van der Waals surface area contributed by atoms with Crippen LogP contribution in [0.5, 0.6) is 0 Å². The van der Waals surface area contributed by atoms with Crippen molar-refractivity contribution in [3.63, 3.8) is 0 Å². The van der Waals surface area contributed by atoms with Gasteiger partial charge in [-0.05, 0) is 55.7 Å². The zero-order valence-corrected chi connectivity index (χ0v) is 15.0. The van der Waals surface area contributed by atoms with Gasteiger partial charge in [0.15, 0.2) is 0 Å². The maximum atomic E-state index is 12.7. The summed E-state index contributed by atoms with van der Waals surface area (Å²) in [7, 11) is 0. The number of benzene rings is 1. The quantitative estimate of drug-likeness (QED) is 0.842. The van der Waals surface area contributed by atoms with Crippen LogP contribution in [0.1, 0.15) is 37.7 Å². The van der Waals surface area contributed by atoms with Gasteiger partial charge in [0.2, 0.25) is 5.91 Å². The standard InChI is InChI=1S/C17H21BrN2O.ClH/c18-13-2-1-12-5-6-20(16(12)10-13)17(21)9-11-7-14-3-4-15(8-11)19-14;/h1-2,10-11,14-15,19H,3-9H2;1H. The van der Waals surface area contributed by atoms with Crippen molar-refractivity contribution in [1.29, 1.82) is 0 Å². The molecule has 2 atom stereocenters. The third kappa shape index (κ3) is 3.06. The average molecular weight is 386 g/mol. The fraction of sp³-hybridized carbons (Fsp3) is 0.588. The van der Waals surface area contributed by atoms with Gasteiger partial charge >= 0.3 is 0 Å². The molecule has 4 rings (SSSR count). The first kappa shape index (κ1) is 16.3. The minimum Gasteiger partial charge on any atom is -0.312 e. The van der Waals surface area contributed by atoms with Crippen LogP contribution in [0.2, 0.25) is 0 Å². The summed E-state index contributed by atoms with van der Waals surface area (Å²) in [5.74, 6) is 0.894. The van der Waals surface area contributed by atoms with Gasteiger partial charge in [-0.25, -0.2) is 0 Å². The van der Waals surface area contributed by atoms with Crippen LogP contribution in [0.3, 0.4) is 0 Å². The molecule has 0 aliphatic carbocycles. The Morgan fingerprint density at radius 1 is 1.27 bits per heavy atom. The third-order valence-corrected chi connectivity index (χ3v) is 5.77. The Balaban J connectivity index is 0.00000144. The van der Waals surface area contributed by atoms with E-state index in [-0.39, 0.29) is 12.4 Å². The van der Waals surface area contributed by atoms with Gasteiger partial charge in [0.05, 0.1) is 0 Å². The zero-order valence-electron chi connectivity index (χ0n) is 12.6. The molecule has 3 aliphatic rings. The van der Waals surface area contributed by atoms with Crippen LogP contribution in [0.15, 0.2) is 22.7 Å². The highest BCUT2D eigenvalue weighted by atomic mass is 79.9. The summed E-state index contributed by atoms with van der Waals surface area (Å²) in [5.41, 5.74) is 2.42. The minimum atomic E-state index is 0. The Morgan fingerprint density at radius 2 is 2.00 bits per heavy atom. The van der Waals surface area contributed by atoms with E-state index in [2.05, 4.69) is 39.4 Å². The Bertz CT molecular complexity index is 568. The summed E-state index contributed by atoms with van der Waals surface area (Å²) in [6.45, 7) is 0.850. The van der Waals surface area contributed by atoms with Crippen LogP contribution in [0, 0.1) is 5.92 Å². The normalized spacial score (nSPS) is 29.1. The zero-order chi connectivity index (χ0) is 14.4. The molecule has 120 valence electrons. The first-order valence-electron chi connectivity index (χ1n) is 8.04. The summed E-state index contributed by atoms with van der Waals surface area (Å²) in [6, 6.07) is 7.63. The lowest BCUT2D eigenvalue weighted by atomic mass is 9.89. The Labute approximate surface area is 146 Å². The van der Waals surface area contributed by atoms with Crippen molar-refractivity contribution in [2.24, 2.45) is 5.92 Å². The number of halogens is 2. The van der Waals surface area contributed by atoms with Gasteiger partial charge in [-0.15, -0.1) is 12.4 Å². The van der Waals surface area contributed by atoms with Crippen molar-refractivity contribution in [1.82, 2.24) is 5.32 Å². The molecule has 3 heterocycles. The van der Waals surface area contributed by atoms with Crippen LogP contribution >= 0.6 is 28.3 Å². The van der Waals surface area contributed by atoms with Gasteiger partial charge in [-0.3, -0.25) is 4.79 Å². The minimum absolute atomic E-state index is 0. The van der Waals surface area contributed by atoms with E-state index in [4.69, 9.17) is 0 Å². The van der Waals surface area contributed by atoms with Gasteiger partial charge < -0.3 is 10.2 Å². The number of nitrogens with zero attached hydrogens (tertiary/aromatic N) is 1. The predicted molar refractivity (Wildman–Crippen MR) is 94.7 cm³/mol. The Kier molecular flexibility index (Phi) is 4.81. The van der Waals surface area contributed by atoms with E-state index in [0.29, 0.717) is 23.9 Å². The number of carbonyl (C=O) groups is 1. The first-order valence-corrected chi connectivity index (χ1v) is 8.83. The number of anilines is 1. The molecular formula is C17H22BrClN2O. The lowest BCUT2D eigenvalue weighted by molar-refractivity contribution is -0.119. The SMILES string of the molecule is Cl.O=C(CC1CC2CCC(C1)N2)N1CCc2ccc(Br)cc21. The summed E-state index contributed by atoms with van der Waals surface area (Å²) < 4.78 is 1.06. The van der Waals surface area contributed by atoms with E-state index in [0.717, 1.165) is 29.5 Å². The van der Waals surface area contributed by atoms with Gasteiger partial charge in [-0.2, -0.15) is 0 Å². The van der Waals surface area contributed by atoms with Crippen molar-refractivity contribution in [2.75, 3.05) is 11.4 Å². The fourth-order valence-corrected chi connectivity index (χ4v) is 4.66. The monoisotopic (exact) mass is 384 g/mol. The lowest BCUT2D eigenvalue weighted by Crippen LogP contribution is -2.40. The molecule has 2 unspecified atom stereocenters. The highest BCUT2D eigenvalue weighted by Crippen LogP contribution is 2.35. The molecule has 1 amide bonds. The third-order valence-electron chi connectivity index (χ3n) is 5.28. The molecule has 22 heavy (non-hydrogen) atoms. The highest BCUT2D eigenvalue weighted by molar-refractivity contribution is 9.10. The predicted octanol–water partition coefficient (Wildman–Crippen LogP) is 3.68.